The quantitative estimate of drug-likeness (QED) is 0.507. The van der Waals surface area contributed by atoms with Crippen LogP contribution in [0.2, 0.25) is 0 Å². The first kappa shape index (κ1) is 14.5. The second-order valence-electron chi connectivity index (χ2n) is 6.74. The summed E-state index contributed by atoms with van der Waals surface area (Å²) in [4.78, 5) is 4.85. The first-order valence-electron chi connectivity index (χ1n) is 8.95. The molecule has 4 aromatic rings. The van der Waals surface area contributed by atoms with E-state index < -0.39 is 0 Å². The third-order valence-electron chi connectivity index (χ3n) is 4.93. The van der Waals surface area contributed by atoms with E-state index in [4.69, 9.17) is 9.72 Å². The van der Waals surface area contributed by atoms with E-state index in [1.807, 2.05) is 0 Å². The first-order valence-corrected chi connectivity index (χ1v) is 8.95. The lowest BCUT2D eigenvalue weighted by Gasteiger charge is -2.11. The fourth-order valence-corrected chi connectivity index (χ4v) is 3.49. The van der Waals surface area contributed by atoms with E-state index in [0.29, 0.717) is 12.5 Å². The van der Waals surface area contributed by atoms with Gasteiger partial charge in [-0.2, -0.15) is 0 Å². The molecule has 1 heterocycles. The largest absolute Gasteiger partial charge is 0.492 e. The number of aromatic nitrogens is 2. The van der Waals surface area contributed by atoms with Crippen molar-refractivity contribution < 1.29 is 4.74 Å². The molecule has 3 aromatic carbocycles. The molecule has 0 amide bonds. The van der Waals surface area contributed by atoms with Gasteiger partial charge in [-0.1, -0.05) is 42.5 Å². The average Bonchev–Trinajstić information content (AvgIpc) is 3.44. The van der Waals surface area contributed by atoms with Gasteiger partial charge in [0.15, 0.2) is 0 Å². The minimum Gasteiger partial charge on any atom is -0.492 e. The number of hydrogen-bond acceptors (Lipinski definition) is 2. The second-order valence-corrected chi connectivity index (χ2v) is 6.74. The summed E-state index contributed by atoms with van der Waals surface area (Å²) in [6.07, 6.45) is 2.52. The molecule has 0 bridgehead atoms. The number of hydrogen-bond donors (Lipinski definition) is 0. The van der Waals surface area contributed by atoms with Crippen molar-refractivity contribution in [3.05, 3.63) is 72.6 Å². The maximum Gasteiger partial charge on any atom is 0.120 e. The van der Waals surface area contributed by atoms with Gasteiger partial charge in [-0.25, -0.2) is 4.98 Å². The standard InChI is InChI=1S/C22H20N2O/c1-2-6-18-15-19(12-11-16(18)5-1)25-14-13-24-21-8-4-3-7-20(21)23-22(24)17-9-10-17/h1-8,11-12,15,17H,9-10,13-14H2. The van der Waals surface area contributed by atoms with E-state index in [-0.39, 0.29) is 0 Å². The fraction of sp³-hybridized carbons (Fsp3) is 0.227. The van der Waals surface area contributed by atoms with Gasteiger partial charge >= 0.3 is 0 Å². The molecule has 3 heteroatoms. The van der Waals surface area contributed by atoms with Crippen molar-refractivity contribution in [1.29, 1.82) is 0 Å². The van der Waals surface area contributed by atoms with Crippen molar-refractivity contribution in [2.45, 2.75) is 25.3 Å². The Morgan fingerprint density at radius 3 is 2.60 bits per heavy atom. The Morgan fingerprint density at radius 2 is 1.72 bits per heavy atom. The van der Waals surface area contributed by atoms with Crippen LogP contribution in [0.1, 0.15) is 24.6 Å². The van der Waals surface area contributed by atoms with Crippen LogP contribution < -0.4 is 4.74 Å². The third kappa shape index (κ3) is 2.76. The Bertz CT molecular complexity index is 1050. The predicted octanol–water partition coefficient (Wildman–Crippen LogP) is 5.15. The minimum absolute atomic E-state index is 0.632. The van der Waals surface area contributed by atoms with Crippen molar-refractivity contribution in [3.63, 3.8) is 0 Å². The lowest BCUT2D eigenvalue weighted by molar-refractivity contribution is 0.298. The van der Waals surface area contributed by atoms with Gasteiger partial charge in [0.25, 0.3) is 0 Å². The molecule has 0 aliphatic heterocycles. The van der Waals surface area contributed by atoms with Crippen LogP contribution in [0.4, 0.5) is 0 Å². The molecule has 0 saturated heterocycles. The monoisotopic (exact) mass is 328 g/mol. The van der Waals surface area contributed by atoms with Gasteiger partial charge in [-0.05, 0) is 47.9 Å². The molecule has 1 aromatic heterocycles. The zero-order chi connectivity index (χ0) is 16.6. The summed E-state index contributed by atoms with van der Waals surface area (Å²) in [7, 11) is 0. The van der Waals surface area contributed by atoms with E-state index in [0.717, 1.165) is 17.8 Å². The highest BCUT2D eigenvalue weighted by Crippen LogP contribution is 2.40. The fourth-order valence-electron chi connectivity index (χ4n) is 3.49. The van der Waals surface area contributed by atoms with Crippen LogP contribution in [0.25, 0.3) is 21.8 Å². The van der Waals surface area contributed by atoms with Gasteiger partial charge in [-0.15, -0.1) is 0 Å². The average molecular weight is 328 g/mol. The third-order valence-corrected chi connectivity index (χ3v) is 4.93. The molecule has 3 nitrogen and oxygen atoms in total. The highest BCUT2D eigenvalue weighted by Gasteiger charge is 2.29. The van der Waals surface area contributed by atoms with Crippen LogP contribution in [0.3, 0.4) is 0 Å². The number of nitrogens with zero attached hydrogens (tertiary/aromatic N) is 2. The number of fused-ring (bicyclic) bond motifs is 2. The number of ether oxygens (including phenoxy) is 1. The summed E-state index contributed by atoms with van der Waals surface area (Å²) in [5, 5.41) is 2.46. The Kier molecular flexibility index (Phi) is 3.44. The van der Waals surface area contributed by atoms with Crippen molar-refractivity contribution in [2.75, 3.05) is 6.61 Å². The summed E-state index contributed by atoms with van der Waals surface area (Å²) in [6.45, 7) is 1.48. The van der Waals surface area contributed by atoms with Crippen LogP contribution >= 0.6 is 0 Å². The summed E-state index contributed by atoms with van der Waals surface area (Å²) in [5.74, 6) is 2.78. The van der Waals surface area contributed by atoms with Crippen LogP contribution in [-0.4, -0.2) is 16.2 Å². The molecule has 124 valence electrons. The highest BCUT2D eigenvalue weighted by atomic mass is 16.5. The zero-order valence-corrected chi connectivity index (χ0v) is 14.1. The topological polar surface area (TPSA) is 27.1 Å². The summed E-state index contributed by atoms with van der Waals surface area (Å²) in [6, 6.07) is 23.1. The van der Waals surface area contributed by atoms with Crippen LogP contribution in [-0.2, 0) is 6.54 Å². The number of para-hydroxylation sites is 2. The number of imidazole rings is 1. The summed E-state index contributed by atoms with van der Waals surface area (Å²) >= 11 is 0. The molecule has 1 aliphatic rings. The van der Waals surface area contributed by atoms with Gasteiger partial charge in [0.2, 0.25) is 0 Å². The molecule has 25 heavy (non-hydrogen) atoms. The Morgan fingerprint density at radius 1 is 0.920 bits per heavy atom. The maximum atomic E-state index is 6.04. The molecule has 0 N–H and O–H groups in total. The van der Waals surface area contributed by atoms with E-state index in [9.17, 15) is 0 Å². The molecule has 5 rings (SSSR count). The van der Waals surface area contributed by atoms with E-state index in [2.05, 4.69) is 71.3 Å². The van der Waals surface area contributed by atoms with Gasteiger partial charge in [0, 0.05) is 5.92 Å². The molecular formula is C22H20N2O. The molecule has 0 spiro atoms. The molecule has 0 atom stereocenters. The number of benzene rings is 3. The van der Waals surface area contributed by atoms with Crippen molar-refractivity contribution in [3.8, 4) is 5.75 Å². The van der Waals surface area contributed by atoms with Crippen LogP contribution in [0, 0.1) is 0 Å². The molecule has 1 saturated carbocycles. The summed E-state index contributed by atoms with van der Waals surface area (Å²) in [5.41, 5.74) is 2.31. The number of rotatable bonds is 5. The maximum absolute atomic E-state index is 6.04. The normalized spacial score (nSPS) is 14.2. The second kappa shape index (κ2) is 5.92. The Balaban J connectivity index is 1.37. The van der Waals surface area contributed by atoms with Crippen molar-refractivity contribution in [2.24, 2.45) is 0 Å². The lowest BCUT2D eigenvalue weighted by atomic mass is 10.1. The molecule has 1 fully saturated rings. The van der Waals surface area contributed by atoms with Gasteiger partial charge in [-0.3, -0.25) is 0 Å². The molecule has 0 unspecified atom stereocenters. The summed E-state index contributed by atoms with van der Waals surface area (Å²) < 4.78 is 8.38. The van der Waals surface area contributed by atoms with Crippen molar-refractivity contribution in [1.82, 2.24) is 9.55 Å². The molecule has 1 aliphatic carbocycles. The van der Waals surface area contributed by atoms with E-state index >= 15 is 0 Å². The van der Waals surface area contributed by atoms with Crippen LogP contribution in [0.15, 0.2) is 66.7 Å². The lowest BCUT2D eigenvalue weighted by Crippen LogP contribution is -2.10. The molecular weight excluding hydrogens is 308 g/mol. The van der Waals surface area contributed by atoms with Crippen LogP contribution in [0.5, 0.6) is 5.75 Å². The molecule has 0 radical (unpaired) electrons. The Labute approximate surface area is 146 Å². The minimum atomic E-state index is 0.632. The van der Waals surface area contributed by atoms with Gasteiger partial charge in [0.05, 0.1) is 17.6 Å². The SMILES string of the molecule is c1ccc2cc(OCCn3c(C4CC4)nc4ccccc43)ccc2c1. The zero-order valence-electron chi connectivity index (χ0n) is 14.1. The van der Waals surface area contributed by atoms with Gasteiger partial charge in [0.1, 0.15) is 18.2 Å². The Hall–Kier alpha value is -2.81. The first-order chi connectivity index (χ1) is 12.4. The predicted molar refractivity (Wildman–Crippen MR) is 101 cm³/mol. The highest BCUT2D eigenvalue weighted by molar-refractivity contribution is 5.83. The van der Waals surface area contributed by atoms with E-state index in [1.54, 1.807) is 0 Å². The van der Waals surface area contributed by atoms with E-state index in [1.165, 1.54) is 35.0 Å². The van der Waals surface area contributed by atoms with Gasteiger partial charge < -0.3 is 9.30 Å². The smallest absolute Gasteiger partial charge is 0.120 e. The van der Waals surface area contributed by atoms with Crippen molar-refractivity contribution >= 4 is 21.8 Å².